The van der Waals surface area contributed by atoms with Crippen molar-refractivity contribution in [1.82, 2.24) is 39.7 Å². The topological polar surface area (TPSA) is 109 Å². The lowest BCUT2D eigenvalue weighted by Crippen LogP contribution is -2.05. The summed E-state index contributed by atoms with van der Waals surface area (Å²) >= 11 is 1.59. The second kappa shape index (κ2) is 6.53. The van der Waals surface area contributed by atoms with E-state index in [1.807, 2.05) is 30.8 Å². The van der Waals surface area contributed by atoms with Crippen LogP contribution in [0.5, 0.6) is 5.88 Å². The van der Waals surface area contributed by atoms with Crippen molar-refractivity contribution in [2.75, 3.05) is 0 Å². The molecule has 28 heavy (non-hydrogen) atoms. The van der Waals surface area contributed by atoms with Crippen LogP contribution in [0.4, 0.5) is 0 Å². The third-order valence-electron chi connectivity index (χ3n) is 4.23. The highest BCUT2D eigenvalue weighted by molar-refractivity contribution is 7.08. The Balaban J connectivity index is 1.66. The summed E-state index contributed by atoms with van der Waals surface area (Å²) in [6.07, 6.45) is 3.15. The number of hydrogen-bond acceptors (Lipinski definition) is 9. The Morgan fingerprint density at radius 1 is 1.32 bits per heavy atom. The highest BCUT2D eigenvalue weighted by atomic mass is 32.1. The van der Waals surface area contributed by atoms with Crippen molar-refractivity contribution in [2.45, 2.75) is 13.5 Å². The minimum atomic E-state index is 0.233. The molecule has 0 fully saturated rings. The van der Waals surface area contributed by atoms with Gasteiger partial charge >= 0.3 is 0 Å². The lowest BCUT2D eigenvalue weighted by molar-refractivity contribution is 0.278. The molecule has 0 saturated carbocycles. The number of hydrogen-bond donors (Lipinski definition) is 0. The molecular formula is C17H14N8O2S. The maximum Gasteiger partial charge on any atom is 0.242 e. The molecule has 0 spiro atoms. The van der Waals surface area contributed by atoms with Crippen LogP contribution in [-0.2, 0) is 13.7 Å². The molecule has 0 N–H and O–H groups in total. The molecule has 0 aromatic carbocycles. The van der Waals surface area contributed by atoms with Crippen molar-refractivity contribution in [1.29, 1.82) is 0 Å². The van der Waals surface area contributed by atoms with E-state index in [9.17, 15) is 0 Å². The molecule has 0 saturated heterocycles. The van der Waals surface area contributed by atoms with Crippen LogP contribution in [0.2, 0.25) is 0 Å². The number of thiophene rings is 1. The summed E-state index contributed by atoms with van der Waals surface area (Å²) < 4.78 is 14.5. The Morgan fingerprint density at radius 2 is 2.25 bits per heavy atom. The zero-order valence-electron chi connectivity index (χ0n) is 15.0. The molecule has 0 atom stereocenters. The van der Waals surface area contributed by atoms with Crippen LogP contribution in [0, 0.1) is 6.92 Å². The second-order valence-electron chi connectivity index (χ2n) is 6.07. The molecule has 5 heterocycles. The first-order chi connectivity index (χ1) is 13.7. The monoisotopic (exact) mass is 394 g/mol. The summed E-state index contributed by atoms with van der Waals surface area (Å²) in [5.41, 5.74) is 3.13. The highest BCUT2D eigenvalue weighted by Crippen LogP contribution is 2.36. The predicted octanol–water partition coefficient (Wildman–Crippen LogP) is 2.52. The van der Waals surface area contributed by atoms with Gasteiger partial charge in [0.1, 0.15) is 24.2 Å². The van der Waals surface area contributed by atoms with Gasteiger partial charge in [-0.25, -0.2) is 9.50 Å². The molecule has 140 valence electrons. The molecule has 11 heteroatoms. The smallest absolute Gasteiger partial charge is 0.242 e. The fraction of sp³-hybridized carbons (Fsp3) is 0.176. The second-order valence-corrected chi connectivity index (χ2v) is 6.85. The Labute approximate surface area is 162 Å². The number of aryl methyl sites for hydroxylation is 2. The summed E-state index contributed by atoms with van der Waals surface area (Å²) in [4.78, 5) is 4.19. The van der Waals surface area contributed by atoms with E-state index in [1.54, 1.807) is 32.8 Å². The van der Waals surface area contributed by atoms with Gasteiger partial charge < -0.3 is 9.26 Å². The summed E-state index contributed by atoms with van der Waals surface area (Å²) in [5.74, 6) is 2.30. The third-order valence-corrected chi connectivity index (χ3v) is 4.92. The van der Waals surface area contributed by atoms with E-state index in [0.29, 0.717) is 29.0 Å². The van der Waals surface area contributed by atoms with E-state index >= 15 is 0 Å². The normalized spacial score (nSPS) is 11.4. The van der Waals surface area contributed by atoms with Crippen LogP contribution in [0.25, 0.3) is 28.2 Å². The average molecular weight is 394 g/mol. The summed E-state index contributed by atoms with van der Waals surface area (Å²) in [6, 6.07) is 3.80. The van der Waals surface area contributed by atoms with Gasteiger partial charge in [-0.3, -0.25) is 4.68 Å². The molecule has 0 amide bonds. The number of ether oxygens (including phenoxy) is 1. The first kappa shape index (κ1) is 16.6. The van der Waals surface area contributed by atoms with Crippen LogP contribution in [-0.4, -0.2) is 39.7 Å². The van der Waals surface area contributed by atoms with Crippen molar-refractivity contribution in [2.24, 2.45) is 7.05 Å². The Morgan fingerprint density at radius 3 is 2.96 bits per heavy atom. The Hall–Kier alpha value is -3.60. The lowest BCUT2D eigenvalue weighted by Gasteiger charge is -2.04. The van der Waals surface area contributed by atoms with Gasteiger partial charge in [0.05, 0.1) is 11.8 Å². The molecule has 0 radical (unpaired) electrons. The van der Waals surface area contributed by atoms with Crippen LogP contribution in [0.1, 0.15) is 11.6 Å². The zero-order valence-corrected chi connectivity index (χ0v) is 15.8. The first-order valence-corrected chi connectivity index (χ1v) is 9.31. The molecule has 0 aliphatic rings. The van der Waals surface area contributed by atoms with E-state index in [2.05, 4.69) is 30.5 Å². The number of rotatable bonds is 5. The van der Waals surface area contributed by atoms with Crippen molar-refractivity contribution < 1.29 is 9.26 Å². The van der Waals surface area contributed by atoms with Crippen molar-refractivity contribution in [3.8, 4) is 28.5 Å². The van der Waals surface area contributed by atoms with Crippen LogP contribution < -0.4 is 4.74 Å². The van der Waals surface area contributed by atoms with Gasteiger partial charge in [-0.05, 0) is 23.8 Å². The largest absolute Gasteiger partial charge is 0.468 e. The Bertz CT molecular complexity index is 1250. The molecule has 5 aromatic heterocycles. The molecule has 0 bridgehead atoms. The van der Waals surface area contributed by atoms with E-state index in [-0.39, 0.29) is 6.61 Å². The van der Waals surface area contributed by atoms with E-state index in [4.69, 9.17) is 9.26 Å². The molecule has 5 aromatic rings. The fourth-order valence-corrected chi connectivity index (χ4v) is 3.51. The van der Waals surface area contributed by atoms with E-state index in [1.165, 1.54) is 6.33 Å². The van der Waals surface area contributed by atoms with Crippen LogP contribution >= 0.6 is 11.3 Å². The van der Waals surface area contributed by atoms with E-state index in [0.717, 1.165) is 16.6 Å². The minimum Gasteiger partial charge on any atom is -0.468 e. The Kier molecular flexibility index (Phi) is 3.86. The maximum atomic E-state index is 6.02. The SMILES string of the molecule is Cc1cc(-c2nncc3c(-c4ccsc4)c(OCc4ncnn4C)nn23)no1. The average Bonchev–Trinajstić information content (AvgIpc) is 3.46. The highest BCUT2D eigenvalue weighted by Gasteiger charge is 2.21. The van der Waals surface area contributed by atoms with Crippen LogP contribution in [0.3, 0.4) is 0 Å². The van der Waals surface area contributed by atoms with Crippen molar-refractivity contribution >= 4 is 16.9 Å². The molecule has 10 nitrogen and oxygen atoms in total. The third kappa shape index (κ3) is 2.72. The lowest BCUT2D eigenvalue weighted by atomic mass is 10.1. The first-order valence-electron chi connectivity index (χ1n) is 8.37. The van der Waals surface area contributed by atoms with Gasteiger partial charge in [-0.1, -0.05) is 5.16 Å². The predicted molar refractivity (Wildman–Crippen MR) is 99.7 cm³/mol. The van der Waals surface area contributed by atoms with Crippen molar-refractivity contribution in [3.63, 3.8) is 0 Å². The maximum absolute atomic E-state index is 6.02. The van der Waals surface area contributed by atoms with Gasteiger partial charge in [0, 0.05) is 18.7 Å². The van der Waals surface area contributed by atoms with Gasteiger partial charge in [0.15, 0.2) is 11.5 Å². The van der Waals surface area contributed by atoms with Gasteiger partial charge in [0.25, 0.3) is 0 Å². The number of fused-ring (bicyclic) bond motifs is 1. The zero-order chi connectivity index (χ0) is 19.1. The van der Waals surface area contributed by atoms with Gasteiger partial charge in [0.2, 0.25) is 11.7 Å². The molecule has 0 aliphatic heterocycles. The molecular weight excluding hydrogens is 380 g/mol. The standard InChI is InChI=1S/C17H14N8O2S/c1-10-5-12(23-27-10)16-21-19-6-13-15(11-3-4-28-8-11)17(22-25(13)16)26-7-14-18-9-20-24(14)2/h3-6,8-9H,7H2,1-2H3. The minimum absolute atomic E-state index is 0.233. The molecule has 5 rings (SSSR count). The quantitative estimate of drug-likeness (QED) is 0.447. The number of aromatic nitrogens is 8. The van der Waals surface area contributed by atoms with Gasteiger partial charge in [-0.15, -0.1) is 10.2 Å². The van der Waals surface area contributed by atoms with Gasteiger partial charge in [-0.2, -0.15) is 21.5 Å². The summed E-state index contributed by atoms with van der Waals surface area (Å²) in [6.45, 7) is 2.05. The number of nitrogens with zero attached hydrogens (tertiary/aromatic N) is 8. The molecule has 0 unspecified atom stereocenters. The van der Waals surface area contributed by atoms with E-state index < -0.39 is 0 Å². The molecule has 0 aliphatic carbocycles. The van der Waals surface area contributed by atoms with Crippen molar-refractivity contribution in [3.05, 3.63) is 47.0 Å². The fourth-order valence-electron chi connectivity index (χ4n) is 2.87. The summed E-state index contributed by atoms with van der Waals surface area (Å²) in [7, 11) is 1.81. The summed E-state index contributed by atoms with van der Waals surface area (Å²) in [5, 5.41) is 25.1. The van der Waals surface area contributed by atoms with Crippen LogP contribution in [0.15, 0.2) is 39.9 Å².